The van der Waals surface area contributed by atoms with E-state index in [-0.39, 0.29) is 17.2 Å². The molecule has 2 fully saturated rings. The third-order valence-electron chi connectivity index (χ3n) is 4.11. The van der Waals surface area contributed by atoms with Gasteiger partial charge in [-0.25, -0.2) is 0 Å². The van der Waals surface area contributed by atoms with Crippen molar-refractivity contribution in [2.24, 2.45) is 11.3 Å². The summed E-state index contributed by atoms with van der Waals surface area (Å²) >= 11 is 0. The molecule has 0 aromatic heterocycles. The SMILES string of the molecule is CC(=O)N1CCC2(CCC2)C(C(=O)O)C1. The van der Waals surface area contributed by atoms with Gasteiger partial charge in [-0.2, -0.15) is 0 Å². The summed E-state index contributed by atoms with van der Waals surface area (Å²) in [6.45, 7) is 2.65. The highest BCUT2D eigenvalue weighted by Crippen LogP contribution is 2.52. The van der Waals surface area contributed by atoms with E-state index in [9.17, 15) is 14.7 Å². The van der Waals surface area contributed by atoms with Gasteiger partial charge in [0.2, 0.25) is 5.91 Å². The Morgan fingerprint density at radius 3 is 2.40 bits per heavy atom. The molecule has 0 radical (unpaired) electrons. The van der Waals surface area contributed by atoms with Crippen molar-refractivity contribution in [1.82, 2.24) is 4.90 Å². The van der Waals surface area contributed by atoms with E-state index < -0.39 is 5.97 Å². The van der Waals surface area contributed by atoms with Crippen molar-refractivity contribution in [2.75, 3.05) is 13.1 Å². The number of amides is 1. The van der Waals surface area contributed by atoms with Crippen molar-refractivity contribution in [3.8, 4) is 0 Å². The second-order valence-corrected chi connectivity index (χ2v) is 4.82. The molecule has 1 N–H and O–H groups in total. The first-order chi connectivity index (χ1) is 7.05. The van der Waals surface area contributed by atoms with E-state index in [0.717, 1.165) is 32.2 Å². The molecule has 1 amide bonds. The summed E-state index contributed by atoms with van der Waals surface area (Å²) in [4.78, 5) is 24.1. The van der Waals surface area contributed by atoms with Crippen LogP contribution in [0.1, 0.15) is 32.6 Å². The number of hydrogen-bond acceptors (Lipinski definition) is 2. The number of likely N-dealkylation sites (tertiary alicyclic amines) is 1. The summed E-state index contributed by atoms with van der Waals surface area (Å²) in [5.41, 5.74) is 0.0117. The van der Waals surface area contributed by atoms with E-state index in [0.29, 0.717) is 6.54 Å². The van der Waals surface area contributed by atoms with Crippen LogP contribution >= 0.6 is 0 Å². The Bertz CT molecular complexity index is 296. The topological polar surface area (TPSA) is 57.6 Å². The number of nitrogens with zero attached hydrogens (tertiary/aromatic N) is 1. The molecule has 2 rings (SSSR count). The van der Waals surface area contributed by atoms with Gasteiger partial charge in [0.25, 0.3) is 0 Å². The number of rotatable bonds is 1. The Morgan fingerprint density at radius 2 is 2.00 bits per heavy atom. The van der Waals surface area contributed by atoms with Crippen LogP contribution in [0.3, 0.4) is 0 Å². The molecule has 15 heavy (non-hydrogen) atoms. The average molecular weight is 211 g/mol. The Balaban J connectivity index is 2.12. The fourth-order valence-corrected chi connectivity index (χ4v) is 2.89. The largest absolute Gasteiger partial charge is 0.481 e. The monoisotopic (exact) mass is 211 g/mol. The zero-order chi connectivity index (χ0) is 11.1. The molecule has 1 saturated carbocycles. The van der Waals surface area contributed by atoms with Crippen LogP contribution < -0.4 is 0 Å². The zero-order valence-corrected chi connectivity index (χ0v) is 9.03. The number of carboxylic acid groups (broad SMARTS) is 1. The zero-order valence-electron chi connectivity index (χ0n) is 9.03. The van der Waals surface area contributed by atoms with E-state index in [1.165, 1.54) is 6.92 Å². The van der Waals surface area contributed by atoms with Gasteiger partial charge < -0.3 is 10.0 Å². The maximum absolute atomic E-state index is 11.2. The molecule has 2 aliphatic rings. The second-order valence-electron chi connectivity index (χ2n) is 4.82. The summed E-state index contributed by atoms with van der Waals surface area (Å²) in [5, 5.41) is 9.20. The van der Waals surface area contributed by atoms with Crippen LogP contribution in [0.15, 0.2) is 0 Å². The number of carbonyl (C=O) groups is 2. The van der Waals surface area contributed by atoms with Gasteiger partial charge in [-0.3, -0.25) is 9.59 Å². The molecule has 1 heterocycles. The van der Waals surface area contributed by atoms with Crippen molar-refractivity contribution in [1.29, 1.82) is 0 Å². The van der Waals surface area contributed by atoms with Gasteiger partial charge in [-0.15, -0.1) is 0 Å². The molecule has 1 aliphatic heterocycles. The minimum absolute atomic E-state index is 0.00424. The molecule has 84 valence electrons. The first kappa shape index (κ1) is 10.5. The molecule has 1 aliphatic carbocycles. The third-order valence-corrected chi connectivity index (χ3v) is 4.11. The quantitative estimate of drug-likeness (QED) is 0.706. The lowest BCUT2D eigenvalue weighted by Crippen LogP contribution is -2.54. The maximum Gasteiger partial charge on any atom is 0.308 e. The highest BCUT2D eigenvalue weighted by molar-refractivity contribution is 5.76. The van der Waals surface area contributed by atoms with Gasteiger partial charge in [0.05, 0.1) is 5.92 Å². The minimum Gasteiger partial charge on any atom is -0.481 e. The summed E-state index contributed by atoms with van der Waals surface area (Å²) in [6, 6.07) is 0. The molecule has 4 nitrogen and oxygen atoms in total. The molecular formula is C11H17NO3. The predicted molar refractivity (Wildman–Crippen MR) is 54.3 cm³/mol. The van der Waals surface area contributed by atoms with E-state index in [2.05, 4.69) is 0 Å². The lowest BCUT2D eigenvalue weighted by atomic mass is 9.57. The Morgan fingerprint density at radius 1 is 1.33 bits per heavy atom. The van der Waals surface area contributed by atoms with Crippen molar-refractivity contribution >= 4 is 11.9 Å². The summed E-state index contributed by atoms with van der Waals surface area (Å²) in [6.07, 6.45) is 4.05. The van der Waals surface area contributed by atoms with Gasteiger partial charge in [-0.05, 0) is 24.7 Å². The fourth-order valence-electron chi connectivity index (χ4n) is 2.89. The molecule has 1 atom stereocenters. The van der Waals surface area contributed by atoms with Crippen LogP contribution in [0.5, 0.6) is 0 Å². The van der Waals surface area contributed by atoms with Crippen LogP contribution in [0.2, 0.25) is 0 Å². The molecule has 0 aromatic rings. The van der Waals surface area contributed by atoms with Gasteiger partial charge in [0, 0.05) is 20.0 Å². The summed E-state index contributed by atoms with van der Waals surface area (Å²) < 4.78 is 0. The number of hydrogen-bond donors (Lipinski definition) is 1. The number of carboxylic acids is 1. The van der Waals surface area contributed by atoms with Crippen molar-refractivity contribution in [3.05, 3.63) is 0 Å². The average Bonchev–Trinajstić information content (AvgIpc) is 2.14. The van der Waals surface area contributed by atoms with Gasteiger partial charge >= 0.3 is 5.97 Å². The number of piperidine rings is 1. The highest BCUT2D eigenvalue weighted by atomic mass is 16.4. The van der Waals surface area contributed by atoms with Crippen LogP contribution in [0.25, 0.3) is 0 Å². The molecule has 0 aromatic carbocycles. The van der Waals surface area contributed by atoms with Crippen molar-refractivity contribution in [2.45, 2.75) is 32.6 Å². The lowest BCUT2D eigenvalue weighted by molar-refractivity contribution is -0.158. The van der Waals surface area contributed by atoms with Crippen LogP contribution in [0.4, 0.5) is 0 Å². The van der Waals surface area contributed by atoms with Gasteiger partial charge in [0.1, 0.15) is 0 Å². The van der Waals surface area contributed by atoms with E-state index in [1.54, 1.807) is 4.90 Å². The van der Waals surface area contributed by atoms with E-state index in [1.807, 2.05) is 0 Å². The summed E-state index contributed by atoms with van der Waals surface area (Å²) in [7, 11) is 0. The second kappa shape index (κ2) is 3.51. The number of carbonyl (C=O) groups excluding carboxylic acids is 1. The Hall–Kier alpha value is -1.06. The molecule has 1 saturated heterocycles. The predicted octanol–water partition coefficient (Wildman–Crippen LogP) is 1.11. The van der Waals surface area contributed by atoms with Crippen LogP contribution in [-0.2, 0) is 9.59 Å². The van der Waals surface area contributed by atoms with Crippen molar-refractivity contribution in [3.63, 3.8) is 0 Å². The van der Waals surface area contributed by atoms with Crippen LogP contribution in [0, 0.1) is 11.3 Å². The Kier molecular flexibility index (Phi) is 2.44. The van der Waals surface area contributed by atoms with E-state index >= 15 is 0 Å². The standard InChI is InChI=1S/C11H17NO3/c1-8(13)12-6-5-11(3-2-4-11)9(7-12)10(14)15/h9H,2-7H2,1H3,(H,14,15). The van der Waals surface area contributed by atoms with Gasteiger partial charge in [-0.1, -0.05) is 6.42 Å². The van der Waals surface area contributed by atoms with Crippen molar-refractivity contribution < 1.29 is 14.7 Å². The summed E-state index contributed by atoms with van der Waals surface area (Å²) in [5.74, 6) is -1.08. The normalized spacial score (nSPS) is 28.6. The highest BCUT2D eigenvalue weighted by Gasteiger charge is 2.50. The molecular weight excluding hydrogens is 194 g/mol. The maximum atomic E-state index is 11.2. The Labute approximate surface area is 89.3 Å². The van der Waals surface area contributed by atoms with E-state index in [4.69, 9.17) is 0 Å². The minimum atomic E-state index is -0.736. The number of aliphatic carboxylic acids is 1. The van der Waals surface area contributed by atoms with Gasteiger partial charge in [0.15, 0.2) is 0 Å². The smallest absolute Gasteiger partial charge is 0.308 e. The molecule has 1 unspecified atom stereocenters. The molecule has 0 bridgehead atoms. The molecule has 1 spiro atoms. The lowest BCUT2D eigenvalue weighted by Gasteiger charge is -2.51. The molecule has 4 heteroatoms. The third kappa shape index (κ3) is 1.62. The first-order valence-corrected chi connectivity index (χ1v) is 5.53. The first-order valence-electron chi connectivity index (χ1n) is 5.53. The fraction of sp³-hybridized carbons (Fsp3) is 0.818. The van der Waals surface area contributed by atoms with Crippen LogP contribution in [-0.4, -0.2) is 35.0 Å².